The summed E-state index contributed by atoms with van der Waals surface area (Å²) < 4.78 is 6.53. The van der Waals surface area contributed by atoms with Gasteiger partial charge in [-0.3, -0.25) is 14.5 Å². The van der Waals surface area contributed by atoms with Gasteiger partial charge in [-0.05, 0) is 62.4 Å². The molecule has 2 fully saturated rings. The van der Waals surface area contributed by atoms with Crippen molar-refractivity contribution >= 4 is 46.2 Å². The quantitative estimate of drug-likeness (QED) is 0.253. The van der Waals surface area contributed by atoms with E-state index in [0.717, 1.165) is 36.1 Å². The maximum absolute atomic E-state index is 13.0. The molecule has 2 atom stereocenters. The Morgan fingerprint density at radius 2 is 1.78 bits per heavy atom. The number of hydrogen-bond donors (Lipinski definition) is 2. The van der Waals surface area contributed by atoms with E-state index in [9.17, 15) is 14.7 Å². The predicted molar refractivity (Wildman–Crippen MR) is 147 cm³/mol. The molecule has 1 aliphatic carbocycles. The van der Waals surface area contributed by atoms with E-state index in [0.29, 0.717) is 33.8 Å². The Morgan fingerprint density at radius 3 is 2.38 bits per heavy atom. The van der Waals surface area contributed by atoms with E-state index in [2.05, 4.69) is 5.32 Å². The number of rotatable bonds is 9. The molecule has 5 rings (SSSR count). The normalized spacial score (nSPS) is 18.3. The largest absolute Gasteiger partial charge is 0.489 e. The molecule has 2 heterocycles. The maximum Gasteiger partial charge on any atom is 0.292 e. The standard InChI is InChI=1S/C28H28Cl2N2O4S/c1-17(31-27(34)26(33)19-6-4-18(5-7-19)24-12-13-25(30)37-24)28(35,32-14-2-3-15-32)20-8-11-23(22(29)16-20)36-21-9-10-21/h4-8,11-13,16-17,21,35H,2-3,9-10,14-15H2,1H3,(H,31,34)/t17-,28+/m1/s1. The number of Topliss-reactive ketones (excluding diaryl/α,β-unsaturated/α-hetero) is 1. The Kier molecular flexibility index (Phi) is 7.61. The molecule has 6 nitrogen and oxygen atoms in total. The van der Waals surface area contributed by atoms with Gasteiger partial charge in [-0.1, -0.05) is 53.5 Å². The molecule has 2 N–H and O–H groups in total. The first-order chi connectivity index (χ1) is 17.8. The van der Waals surface area contributed by atoms with Crippen molar-refractivity contribution in [3.63, 3.8) is 0 Å². The molecule has 1 saturated carbocycles. The van der Waals surface area contributed by atoms with Gasteiger partial charge >= 0.3 is 0 Å². The van der Waals surface area contributed by atoms with E-state index in [-0.39, 0.29) is 11.7 Å². The van der Waals surface area contributed by atoms with Crippen molar-refractivity contribution < 1.29 is 19.4 Å². The number of halogens is 2. The maximum atomic E-state index is 13.0. The third kappa shape index (κ3) is 5.56. The molecule has 1 amide bonds. The van der Waals surface area contributed by atoms with Gasteiger partial charge in [0.2, 0.25) is 5.78 Å². The summed E-state index contributed by atoms with van der Waals surface area (Å²) in [6.07, 6.45) is 4.08. The van der Waals surface area contributed by atoms with Crippen LogP contribution < -0.4 is 10.1 Å². The van der Waals surface area contributed by atoms with E-state index in [1.54, 1.807) is 49.4 Å². The van der Waals surface area contributed by atoms with Crippen LogP contribution in [0.2, 0.25) is 9.36 Å². The van der Waals surface area contributed by atoms with Crippen molar-refractivity contribution in [2.24, 2.45) is 0 Å². The molecule has 3 aromatic rings. The van der Waals surface area contributed by atoms with Crippen LogP contribution in [0.5, 0.6) is 5.75 Å². The van der Waals surface area contributed by atoms with Crippen LogP contribution in [-0.2, 0) is 10.5 Å². The summed E-state index contributed by atoms with van der Waals surface area (Å²) >= 11 is 14.0. The number of carbonyl (C=O) groups excluding carboxylic acids is 2. The first kappa shape index (κ1) is 26.2. The summed E-state index contributed by atoms with van der Waals surface area (Å²) in [5, 5.41) is 15.2. The molecule has 1 aliphatic heterocycles. The number of ether oxygens (including phenoxy) is 1. The van der Waals surface area contributed by atoms with Crippen LogP contribution in [0, 0.1) is 0 Å². The first-order valence-corrected chi connectivity index (χ1v) is 14.0. The van der Waals surface area contributed by atoms with Crippen LogP contribution in [0.15, 0.2) is 54.6 Å². The molecular weight excluding hydrogens is 531 g/mol. The smallest absolute Gasteiger partial charge is 0.292 e. The van der Waals surface area contributed by atoms with Gasteiger partial charge < -0.3 is 15.2 Å². The van der Waals surface area contributed by atoms with Gasteiger partial charge in [0, 0.05) is 29.1 Å². The average molecular weight is 560 g/mol. The second-order valence-electron chi connectivity index (χ2n) is 9.59. The second kappa shape index (κ2) is 10.8. The monoisotopic (exact) mass is 558 g/mol. The van der Waals surface area contributed by atoms with E-state index in [1.165, 1.54) is 11.3 Å². The summed E-state index contributed by atoms with van der Waals surface area (Å²) in [7, 11) is 0. The SMILES string of the molecule is C[C@@H](NC(=O)C(=O)c1ccc(-c2ccc(Cl)s2)cc1)[C@](O)(c1ccc(OC2CC2)c(Cl)c1)N1CCCC1. The molecular formula is C28H28Cl2N2O4S. The second-order valence-corrected chi connectivity index (χ2v) is 11.7. The van der Waals surface area contributed by atoms with Gasteiger partial charge in [-0.15, -0.1) is 11.3 Å². The van der Waals surface area contributed by atoms with Crippen molar-refractivity contribution in [2.75, 3.05) is 13.1 Å². The highest BCUT2D eigenvalue weighted by Gasteiger charge is 2.44. The van der Waals surface area contributed by atoms with Crippen molar-refractivity contribution in [1.29, 1.82) is 0 Å². The number of hydrogen-bond acceptors (Lipinski definition) is 6. The van der Waals surface area contributed by atoms with Gasteiger partial charge in [0.1, 0.15) is 5.75 Å². The highest BCUT2D eigenvalue weighted by molar-refractivity contribution is 7.19. The number of nitrogens with one attached hydrogen (secondary N) is 1. The Balaban J connectivity index is 1.34. The Morgan fingerprint density at radius 1 is 1.08 bits per heavy atom. The van der Waals surface area contributed by atoms with E-state index < -0.39 is 23.5 Å². The van der Waals surface area contributed by atoms with Gasteiger partial charge in [0.25, 0.3) is 5.91 Å². The molecule has 1 saturated heterocycles. The highest BCUT2D eigenvalue weighted by atomic mass is 35.5. The van der Waals surface area contributed by atoms with Crippen LogP contribution in [0.25, 0.3) is 10.4 Å². The molecule has 194 valence electrons. The van der Waals surface area contributed by atoms with Crippen LogP contribution in [0.1, 0.15) is 48.5 Å². The van der Waals surface area contributed by atoms with Crippen molar-refractivity contribution in [3.8, 4) is 16.2 Å². The van der Waals surface area contributed by atoms with Gasteiger partial charge in [-0.25, -0.2) is 0 Å². The third-order valence-electron chi connectivity index (χ3n) is 6.93. The summed E-state index contributed by atoms with van der Waals surface area (Å²) in [6.45, 7) is 3.03. The number of benzene rings is 2. The average Bonchev–Trinajstić information content (AvgIpc) is 3.34. The fourth-order valence-electron chi connectivity index (χ4n) is 4.70. The van der Waals surface area contributed by atoms with Gasteiger partial charge in [0.05, 0.1) is 21.5 Å². The molecule has 0 radical (unpaired) electrons. The van der Waals surface area contributed by atoms with Crippen molar-refractivity contribution in [3.05, 3.63) is 75.1 Å². The van der Waals surface area contributed by atoms with E-state index >= 15 is 0 Å². The van der Waals surface area contributed by atoms with Crippen LogP contribution in [-0.4, -0.2) is 46.9 Å². The van der Waals surface area contributed by atoms with Crippen LogP contribution >= 0.6 is 34.5 Å². The third-order valence-corrected chi connectivity index (χ3v) is 8.50. The van der Waals surface area contributed by atoms with E-state index in [1.807, 2.05) is 17.0 Å². The van der Waals surface area contributed by atoms with Crippen molar-refractivity contribution in [2.45, 2.75) is 50.5 Å². The van der Waals surface area contributed by atoms with Crippen LogP contribution in [0.3, 0.4) is 0 Å². The number of carbonyl (C=O) groups is 2. The number of likely N-dealkylation sites (tertiary alicyclic amines) is 1. The zero-order valence-corrected chi connectivity index (χ0v) is 22.7. The Labute approximate surface area is 230 Å². The summed E-state index contributed by atoms with van der Waals surface area (Å²) in [4.78, 5) is 28.9. The minimum absolute atomic E-state index is 0.196. The lowest BCUT2D eigenvalue weighted by atomic mass is 9.93. The lowest BCUT2D eigenvalue weighted by molar-refractivity contribution is -0.139. The zero-order chi connectivity index (χ0) is 26.2. The fraction of sp³-hybridized carbons (Fsp3) is 0.357. The number of ketones is 1. The fourth-order valence-corrected chi connectivity index (χ4v) is 5.98. The number of aliphatic hydroxyl groups is 1. The Hall–Kier alpha value is -2.42. The Bertz CT molecular complexity index is 1300. The molecule has 1 aromatic heterocycles. The first-order valence-electron chi connectivity index (χ1n) is 12.4. The summed E-state index contributed by atoms with van der Waals surface area (Å²) in [5.74, 6) is -0.869. The summed E-state index contributed by atoms with van der Waals surface area (Å²) in [5.41, 5.74) is 0.181. The lowest BCUT2D eigenvalue weighted by Crippen LogP contribution is -2.59. The van der Waals surface area contributed by atoms with Crippen molar-refractivity contribution in [1.82, 2.24) is 10.2 Å². The minimum Gasteiger partial charge on any atom is -0.489 e. The van der Waals surface area contributed by atoms with Crippen LogP contribution in [0.4, 0.5) is 0 Å². The molecule has 37 heavy (non-hydrogen) atoms. The van der Waals surface area contributed by atoms with E-state index in [4.69, 9.17) is 27.9 Å². The number of thiophene rings is 1. The predicted octanol–water partition coefficient (Wildman–Crippen LogP) is 5.89. The topological polar surface area (TPSA) is 78.9 Å². The highest BCUT2D eigenvalue weighted by Crippen LogP contribution is 2.38. The molecule has 0 bridgehead atoms. The van der Waals surface area contributed by atoms with Gasteiger partial charge in [0.15, 0.2) is 5.72 Å². The molecule has 0 spiro atoms. The molecule has 2 aliphatic rings. The summed E-state index contributed by atoms with van der Waals surface area (Å²) in [6, 6.07) is 15.0. The number of amides is 1. The number of nitrogens with zero attached hydrogens (tertiary/aromatic N) is 1. The molecule has 2 aromatic carbocycles. The molecule has 9 heteroatoms. The zero-order valence-electron chi connectivity index (χ0n) is 20.4. The molecule has 0 unspecified atom stereocenters. The minimum atomic E-state index is -1.55. The van der Waals surface area contributed by atoms with Gasteiger partial charge in [-0.2, -0.15) is 0 Å². The lowest BCUT2D eigenvalue weighted by Gasteiger charge is -2.42.